The number of benzene rings is 3. The van der Waals surface area contributed by atoms with Crippen LogP contribution in [0.4, 0.5) is 0 Å². The predicted octanol–water partition coefficient (Wildman–Crippen LogP) is 4.86. The van der Waals surface area contributed by atoms with Gasteiger partial charge in [0, 0.05) is 17.7 Å². The van der Waals surface area contributed by atoms with Crippen LogP contribution in [0.3, 0.4) is 0 Å². The maximum absolute atomic E-state index is 14.5. The quantitative estimate of drug-likeness (QED) is 0.284. The number of rotatable bonds is 11. The highest BCUT2D eigenvalue weighted by molar-refractivity contribution is 5.87. The number of nitrogens with one attached hydrogen (secondary N) is 1. The molecule has 1 saturated heterocycles. The summed E-state index contributed by atoms with van der Waals surface area (Å²) < 4.78 is 29.8. The fourth-order valence-corrected chi connectivity index (χ4v) is 6.41. The monoisotopic (exact) mass is 638 g/mol. The van der Waals surface area contributed by atoms with Crippen molar-refractivity contribution in [2.24, 2.45) is 0 Å². The van der Waals surface area contributed by atoms with E-state index in [2.05, 4.69) is 5.32 Å². The van der Waals surface area contributed by atoms with Gasteiger partial charge in [0.05, 0.1) is 24.8 Å². The molecule has 0 aromatic heterocycles. The Morgan fingerprint density at radius 1 is 1.04 bits per heavy atom. The van der Waals surface area contributed by atoms with Crippen molar-refractivity contribution in [3.8, 4) is 23.0 Å². The van der Waals surface area contributed by atoms with Crippen LogP contribution in [-0.2, 0) is 20.7 Å². The number of likely N-dealkylation sites (N-methyl/N-ethyl adjacent to an activating group) is 1. The fraction of sp³-hybridized carbons (Fsp3) is 0.297. The van der Waals surface area contributed by atoms with E-state index in [1.807, 2.05) is 74.5 Å². The lowest BCUT2D eigenvalue weighted by Gasteiger charge is -2.41. The van der Waals surface area contributed by atoms with Crippen LogP contribution < -0.4 is 19.5 Å². The highest BCUT2D eigenvalue weighted by Crippen LogP contribution is 2.44. The van der Waals surface area contributed by atoms with Gasteiger partial charge in [-0.3, -0.25) is 9.59 Å². The summed E-state index contributed by atoms with van der Waals surface area (Å²) in [5, 5.41) is 14.4. The molecule has 0 saturated carbocycles. The Bertz CT molecular complexity index is 1750. The summed E-state index contributed by atoms with van der Waals surface area (Å²) in [5.41, 5.74) is 3.69. The van der Waals surface area contributed by atoms with Gasteiger partial charge in [0.25, 0.3) is 0 Å². The molecule has 2 heterocycles. The van der Waals surface area contributed by atoms with Gasteiger partial charge in [0.1, 0.15) is 24.2 Å². The number of nitrogens with zero attached hydrogens (tertiary/aromatic N) is 1. The second kappa shape index (κ2) is 13.7. The van der Waals surface area contributed by atoms with Gasteiger partial charge in [0.2, 0.25) is 12.7 Å². The molecule has 47 heavy (non-hydrogen) atoms. The molecule has 10 nitrogen and oxygen atoms in total. The van der Waals surface area contributed by atoms with Gasteiger partial charge in [-0.25, -0.2) is 0 Å². The third-order valence-electron chi connectivity index (χ3n) is 8.78. The van der Waals surface area contributed by atoms with E-state index in [1.54, 1.807) is 24.1 Å². The van der Waals surface area contributed by atoms with Crippen LogP contribution in [-0.4, -0.2) is 74.5 Å². The van der Waals surface area contributed by atoms with Crippen molar-refractivity contribution in [1.82, 2.24) is 10.2 Å². The molecule has 6 rings (SSSR count). The van der Waals surface area contributed by atoms with E-state index in [0.717, 1.165) is 11.8 Å². The van der Waals surface area contributed by atoms with E-state index < -0.39 is 18.2 Å². The van der Waals surface area contributed by atoms with Crippen molar-refractivity contribution < 1.29 is 38.4 Å². The van der Waals surface area contributed by atoms with Crippen molar-refractivity contribution in [2.75, 3.05) is 34.1 Å². The minimum absolute atomic E-state index is 0.0174. The number of hydrogen-bond acceptors (Lipinski definition) is 9. The normalized spacial score (nSPS) is 19.2. The van der Waals surface area contributed by atoms with Gasteiger partial charge in [-0.1, -0.05) is 48.5 Å². The summed E-state index contributed by atoms with van der Waals surface area (Å²) in [7, 11) is 3.25. The summed E-state index contributed by atoms with van der Waals surface area (Å²) in [4.78, 5) is 28.9. The predicted molar refractivity (Wildman–Crippen MR) is 174 cm³/mol. The van der Waals surface area contributed by atoms with Crippen LogP contribution in [0.5, 0.6) is 23.0 Å². The lowest BCUT2D eigenvalue weighted by molar-refractivity contribution is -0.135. The number of carbonyl (C=O) groups is 2. The molecule has 3 aromatic carbocycles. The van der Waals surface area contributed by atoms with Crippen molar-refractivity contribution >= 4 is 12.2 Å². The van der Waals surface area contributed by atoms with Crippen molar-refractivity contribution in [3.05, 3.63) is 118 Å². The van der Waals surface area contributed by atoms with E-state index in [1.165, 1.54) is 7.11 Å². The van der Waals surface area contributed by atoms with Gasteiger partial charge in [-0.05, 0) is 68.3 Å². The first-order chi connectivity index (χ1) is 22.9. The van der Waals surface area contributed by atoms with Crippen LogP contribution in [0.2, 0.25) is 0 Å². The van der Waals surface area contributed by atoms with Crippen molar-refractivity contribution in [2.45, 2.75) is 38.5 Å². The lowest BCUT2D eigenvalue weighted by Crippen LogP contribution is -2.55. The Hall–Kier alpha value is -5.06. The van der Waals surface area contributed by atoms with Crippen molar-refractivity contribution in [1.29, 1.82) is 0 Å². The zero-order chi connectivity index (χ0) is 33.1. The second-order valence-electron chi connectivity index (χ2n) is 11.6. The molecule has 1 unspecified atom stereocenters. The lowest BCUT2D eigenvalue weighted by atomic mass is 9.81. The number of carbonyl (C=O) groups excluding carboxylic acids is 2. The molecular formula is C37H38N2O8. The van der Waals surface area contributed by atoms with E-state index in [-0.39, 0.29) is 32.3 Å². The molecule has 0 spiro atoms. The molecule has 1 fully saturated rings. The maximum Gasteiger partial charge on any atom is 0.240 e. The number of methoxy groups -OCH3 is 1. The molecule has 1 aliphatic carbocycles. The highest BCUT2D eigenvalue weighted by atomic mass is 16.7. The number of hydrogen-bond donors (Lipinski definition) is 2. The SMILES string of the molecule is CNC(Cc1cc(C)c(OC)c(Oc2ccccc2)c1C=O)C(=O)N1CC=C2C(=C3OCOC3=C(C)[C@@H]2O)[C@H]1COc1ccccc1. The Morgan fingerprint density at radius 2 is 1.72 bits per heavy atom. The maximum atomic E-state index is 14.5. The third-order valence-corrected chi connectivity index (χ3v) is 8.78. The number of aliphatic hydroxyl groups is 1. The van der Waals surface area contributed by atoms with E-state index in [0.29, 0.717) is 62.4 Å². The number of aryl methyl sites for hydroxylation is 1. The van der Waals surface area contributed by atoms with E-state index in [9.17, 15) is 14.7 Å². The average molecular weight is 639 g/mol. The van der Waals surface area contributed by atoms with Crippen LogP contribution in [0.15, 0.2) is 101 Å². The van der Waals surface area contributed by atoms with Crippen LogP contribution in [0.25, 0.3) is 0 Å². The molecule has 3 aromatic rings. The number of para-hydroxylation sites is 2. The summed E-state index contributed by atoms with van der Waals surface area (Å²) in [6, 6.07) is 19.0. The summed E-state index contributed by atoms with van der Waals surface area (Å²) in [5.74, 6) is 2.72. The molecule has 2 N–H and O–H groups in total. The highest BCUT2D eigenvalue weighted by Gasteiger charge is 2.44. The Balaban J connectivity index is 1.36. The molecular weight excluding hydrogens is 600 g/mol. The van der Waals surface area contributed by atoms with Gasteiger partial charge in [-0.2, -0.15) is 0 Å². The molecule has 3 aliphatic rings. The molecule has 0 bridgehead atoms. The fourth-order valence-electron chi connectivity index (χ4n) is 6.41. The zero-order valence-corrected chi connectivity index (χ0v) is 26.8. The first-order valence-electron chi connectivity index (χ1n) is 15.5. The Labute approximate surface area is 273 Å². The standard InChI is InChI=1S/C37H38N2O8/c1-22-17-24(28(19-40)35(33(22)43-4)47-26-13-9-6-10-14-26)18-29(38-3)37(42)39-16-15-27-31(30(39)20-44-25-11-7-5-8-12-25)36-34(45-21-46-36)23(2)32(27)41/h5-15,17,19,29-30,32,38,41H,16,18,20-21H2,1-4H3/t29?,30-,32+/m1/s1. The number of amides is 1. The Kier molecular flexibility index (Phi) is 9.33. The molecule has 10 heteroatoms. The zero-order valence-electron chi connectivity index (χ0n) is 26.8. The summed E-state index contributed by atoms with van der Waals surface area (Å²) >= 11 is 0. The molecule has 244 valence electrons. The first-order valence-corrected chi connectivity index (χ1v) is 15.5. The van der Waals surface area contributed by atoms with Crippen LogP contribution in [0.1, 0.15) is 28.4 Å². The van der Waals surface area contributed by atoms with Gasteiger partial charge >= 0.3 is 0 Å². The van der Waals surface area contributed by atoms with Crippen LogP contribution in [0, 0.1) is 6.92 Å². The molecule has 3 atom stereocenters. The average Bonchev–Trinajstić information content (AvgIpc) is 3.59. The summed E-state index contributed by atoms with van der Waals surface area (Å²) in [6.45, 7) is 4.05. The van der Waals surface area contributed by atoms with E-state index in [4.69, 9.17) is 23.7 Å². The van der Waals surface area contributed by atoms with Crippen LogP contribution >= 0.6 is 0 Å². The number of aldehydes is 1. The molecule has 1 amide bonds. The van der Waals surface area contributed by atoms with Gasteiger partial charge in [-0.15, -0.1) is 0 Å². The van der Waals surface area contributed by atoms with Crippen molar-refractivity contribution in [3.63, 3.8) is 0 Å². The van der Waals surface area contributed by atoms with Gasteiger partial charge < -0.3 is 39.0 Å². The third kappa shape index (κ3) is 6.09. The summed E-state index contributed by atoms with van der Waals surface area (Å²) in [6.07, 6.45) is 1.89. The minimum atomic E-state index is -0.900. The number of aliphatic hydroxyl groups excluding tert-OH is 1. The largest absolute Gasteiger partial charge is 0.493 e. The first kappa shape index (κ1) is 31.9. The topological polar surface area (TPSA) is 116 Å². The minimum Gasteiger partial charge on any atom is -0.493 e. The number of ether oxygens (including phenoxy) is 5. The smallest absolute Gasteiger partial charge is 0.240 e. The molecule has 2 aliphatic heterocycles. The second-order valence-corrected chi connectivity index (χ2v) is 11.6. The number of fused-ring (bicyclic) bond motifs is 2. The van der Waals surface area contributed by atoms with Gasteiger partial charge in [0.15, 0.2) is 29.3 Å². The Morgan fingerprint density at radius 3 is 2.38 bits per heavy atom. The molecule has 0 radical (unpaired) electrons. The van der Waals surface area contributed by atoms with E-state index >= 15 is 0 Å².